The Morgan fingerprint density at radius 2 is 1.96 bits per heavy atom. The Balaban J connectivity index is 1.69. The maximum Gasteiger partial charge on any atom is 0.251 e. The lowest BCUT2D eigenvalue weighted by Gasteiger charge is -2.23. The van der Waals surface area contributed by atoms with Crippen molar-refractivity contribution in [2.24, 2.45) is 0 Å². The molecule has 120 valence electrons. The number of hydrogen-bond acceptors (Lipinski definition) is 3. The van der Waals surface area contributed by atoms with E-state index in [2.05, 4.69) is 23.3 Å². The normalized spacial score (nSPS) is 15.3. The minimum Gasteiger partial charge on any atom is -0.381 e. The molecule has 1 aromatic carbocycles. The summed E-state index contributed by atoms with van der Waals surface area (Å²) in [6, 6.07) is 12.0. The fraction of sp³-hybridized carbons (Fsp3) is 0.368. The van der Waals surface area contributed by atoms with Crippen molar-refractivity contribution in [1.82, 2.24) is 10.3 Å². The first-order valence-electron chi connectivity index (χ1n) is 8.20. The zero-order chi connectivity index (χ0) is 16.1. The summed E-state index contributed by atoms with van der Waals surface area (Å²) in [5, 5.41) is 3.08. The average molecular weight is 310 g/mol. The van der Waals surface area contributed by atoms with Gasteiger partial charge in [0.2, 0.25) is 0 Å². The van der Waals surface area contributed by atoms with E-state index in [1.54, 1.807) is 0 Å². The van der Waals surface area contributed by atoms with Crippen LogP contribution in [0.15, 0.2) is 42.6 Å². The molecule has 2 aromatic rings. The van der Waals surface area contributed by atoms with Crippen molar-refractivity contribution in [2.45, 2.75) is 32.2 Å². The predicted octanol–water partition coefficient (Wildman–Crippen LogP) is 3.22. The Morgan fingerprint density at radius 3 is 2.65 bits per heavy atom. The molecule has 1 saturated heterocycles. The highest BCUT2D eigenvalue weighted by molar-refractivity contribution is 5.94. The summed E-state index contributed by atoms with van der Waals surface area (Å²) in [5.41, 5.74) is 3.92. The average Bonchev–Trinajstić information content (AvgIpc) is 2.63. The van der Waals surface area contributed by atoms with Crippen LogP contribution in [-0.4, -0.2) is 30.1 Å². The van der Waals surface area contributed by atoms with Crippen molar-refractivity contribution in [2.75, 3.05) is 13.2 Å². The number of carbonyl (C=O) groups excluding carboxylic acids is 1. The van der Waals surface area contributed by atoms with Gasteiger partial charge in [0.05, 0.1) is 5.69 Å². The molecule has 3 rings (SSSR count). The molecule has 4 heteroatoms. The van der Waals surface area contributed by atoms with E-state index in [1.165, 1.54) is 5.56 Å². The molecule has 4 nitrogen and oxygen atoms in total. The number of aryl methyl sites for hydroxylation is 1. The molecule has 23 heavy (non-hydrogen) atoms. The number of nitrogens with one attached hydrogen (secondary N) is 1. The number of pyridine rings is 1. The van der Waals surface area contributed by atoms with Crippen LogP contribution in [-0.2, 0) is 11.2 Å². The molecule has 0 bridgehead atoms. The first-order chi connectivity index (χ1) is 11.3. The van der Waals surface area contributed by atoms with E-state index in [0.29, 0.717) is 5.56 Å². The number of rotatable bonds is 4. The Kier molecular flexibility index (Phi) is 5.03. The minimum atomic E-state index is -0.0151. The second kappa shape index (κ2) is 7.38. The van der Waals surface area contributed by atoms with E-state index in [0.717, 1.165) is 43.7 Å². The number of nitrogens with zero attached hydrogens (tertiary/aromatic N) is 1. The van der Waals surface area contributed by atoms with Crippen molar-refractivity contribution in [3.8, 4) is 11.3 Å². The van der Waals surface area contributed by atoms with Crippen LogP contribution in [0, 0.1) is 0 Å². The fourth-order valence-corrected chi connectivity index (χ4v) is 2.76. The summed E-state index contributed by atoms with van der Waals surface area (Å²) in [6.07, 6.45) is 4.59. The van der Waals surface area contributed by atoms with Crippen LogP contribution in [0.4, 0.5) is 0 Å². The first kappa shape index (κ1) is 15.7. The van der Waals surface area contributed by atoms with Crippen LogP contribution < -0.4 is 5.32 Å². The van der Waals surface area contributed by atoms with Gasteiger partial charge < -0.3 is 10.1 Å². The Hall–Kier alpha value is -2.20. The summed E-state index contributed by atoms with van der Waals surface area (Å²) in [6.45, 7) is 3.58. The molecule has 1 aromatic heterocycles. The van der Waals surface area contributed by atoms with E-state index < -0.39 is 0 Å². The summed E-state index contributed by atoms with van der Waals surface area (Å²) in [4.78, 5) is 16.7. The second-order valence-electron chi connectivity index (χ2n) is 5.84. The molecule has 1 aliphatic heterocycles. The van der Waals surface area contributed by atoms with Crippen molar-refractivity contribution >= 4 is 5.91 Å². The molecule has 0 aliphatic carbocycles. The van der Waals surface area contributed by atoms with Crippen molar-refractivity contribution in [3.05, 3.63) is 53.7 Å². The molecule has 0 radical (unpaired) electrons. The van der Waals surface area contributed by atoms with Gasteiger partial charge in [0.25, 0.3) is 5.91 Å². The SMILES string of the molecule is CCc1ccnc(-c2ccc(C(=O)NC3CCOCC3)cc2)c1. The van der Waals surface area contributed by atoms with Gasteiger partial charge in [0.15, 0.2) is 0 Å². The van der Waals surface area contributed by atoms with Crippen molar-refractivity contribution in [1.29, 1.82) is 0 Å². The summed E-state index contributed by atoms with van der Waals surface area (Å²) in [7, 11) is 0. The predicted molar refractivity (Wildman–Crippen MR) is 90.4 cm³/mol. The first-order valence-corrected chi connectivity index (χ1v) is 8.20. The third kappa shape index (κ3) is 3.96. The quantitative estimate of drug-likeness (QED) is 0.943. The van der Waals surface area contributed by atoms with Gasteiger partial charge in [-0.05, 0) is 49.1 Å². The van der Waals surface area contributed by atoms with Crippen LogP contribution in [0.3, 0.4) is 0 Å². The molecule has 2 heterocycles. The lowest BCUT2D eigenvalue weighted by molar-refractivity contribution is 0.0696. The molecule has 0 unspecified atom stereocenters. The number of carbonyl (C=O) groups is 1. The Bertz CT molecular complexity index is 661. The number of benzene rings is 1. The van der Waals surface area contributed by atoms with E-state index in [9.17, 15) is 4.79 Å². The zero-order valence-electron chi connectivity index (χ0n) is 13.4. The number of aromatic nitrogens is 1. The Morgan fingerprint density at radius 1 is 1.22 bits per heavy atom. The van der Waals surface area contributed by atoms with Crippen LogP contribution in [0.1, 0.15) is 35.7 Å². The molecular weight excluding hydrogens is 288 g/mol. The zero-order valence-corrected chi connectivity index (χ0v) is 13.4. The molecule has 0 atom stereocenters. The maximum absolute atomic E-state index is 12.3. The minimum absolute atomic E-state index is 0.0151. The fourth-order valence-electron chi connectivity index (χ4n) is 2.76. The van der Waals surface area contributed by atoms with Crippen LogP contribution in [0.25, 0.3) is 11.3 Å². The van der Waals surface area contributed by atoms with Gasteiger partial charge >= 0.3 is 0 Å². The summed E-state index contributed by atoms with van der Waals surface area (Å²) >= 11 is 0. The highest BCUT2D eigenvalue weighted by atomic mass is 16.5. The smallest absolute Gasteiger partial charge is 0.251 e. The van der Waals surface area contributed by atoms with E-state index >= 15 is 0 Å². The van der Waals surface area contributed by atoms with Gasteiger partial charge in [0.1, 0.15) is 0 Å². The number of hydrogen-bond donors (Lipinski definition) is 1. The molecular formula is C19H22N2O2. The molecule has 0 spiro atoms. The Labute approximate surface area is 136 Å². The van der Waals surface area contributed by atoms with Crippen molar-refractivity contribution in [3.63, 3.8) is 0 Å². The highest BCUT2D eigenvalue weighted by Gasteiger charge is 2.16. The van der Waals surface area contributed by atoms with Crippen LogP contribution in [0.5, 0.6) is 0 Å². The number of ether oxygens (including phenoxy) is 1. The van der Waals surface area contributed by atoms with Gasteiger partial charge in [-0.1, -0.05) is 19.1 Å². The molecule has 1 aliphatic rings. The third-order valence-electron chi connectivity index (χ3n) is 4.23. The van der Waals surface area contributed by atoms with Gasteiger partial charge in [-0.25, -0.2) is 0 Å². The van der Waals surface area contributed by atoms with Gasteiger partial charge in [-0.2, -0.15) is 0 Å². The lowest BCUT2D eigenvalue weighted by atomic mass is 10.0. The lowest BCUT2D eigenvalue weighted by Crippen LogP contribution is -2.38. The van der Waals surface area contributed by atoms with E-state index in [1.807, 2.05) is 36.5 Å². The molecule has 1 N–H and O–H groups in total. The van der Waals surface area contributed by atoms with Crippen LogP contribution in [0.2, 0.25) is 0 Å². The standard InChI is InChI=1S/C19H22N2O2/c1-2-14-7-10-20-18(13-14)15-3-5-16(6-4-15)19(22)21-17-8-11-23-12-9-17/h3-7,10,13,17H,2,8-9,11-12H2,1H3,(H,21,22). The van der Waals surface area contributed by atoms with E-state index in [4.69, 9.17) is 4.74 Å². The second-order valence-corrected chi connectivity index (χ2v) is 5.84. The molecule has 1 fully saturated rings. The van der Waals surface area contributed by atoms with E-state index in [-0.39, 0.29) is 11.9 Å². The molecule has 1 amide bonds. The molecule has 0 saturated carbocycles. The van der Waals surface area contributed by atoms with Gasteiger partial charge in [0, 0.05) is 36.6 Å². The maximum atomic E-state index is 12.3. The third-order valence-corrected chi connectivity index (χ3v) is 4.23. The highest BCUT2D eigenvalue weighted by Crippen LogP contribution is 2.19. The van der Waals surface area contributed by atoms with Crippen molar-refractivity contribution < 1.29 is 9.53 Å². The summed E-state index contributed by atoms with van der Waals surface area (Å²) < 4.78 is 5.31. The van der Waals surface area contributed by atoms with Gasteiger partial charge in [-0.15, -0.1) is 0 Å². The topological polar surface area (TPSA) is 51.2 Å². The monoisotopic (exact) mass is 310 g/mol. The van der Waals surface area contributed by atoms with Crippen LogP contribution >= 0.6 is 0 Å². The summed E-state index contributed by atoms with van der Waals surface area (Å²) in [5.74, 6) is -0.0151. The number of amides is 1. The largest absolute Gasteiger partial charge is 0.381 e. The van der Waals surface area contributed by atoms with Gasteiger partial charge in [-0.3, -0.25) is 9.78 Å².